The molecule has 1 aliphatic rings. The normalized spacial score (nSPS) is 15.4. The lowest BCUT2D eigenvalue weighted by atomic mass is 9.84. The second kappa shape index (κ2) is 16.2. The molecule has 0 heterocycles. The van der Waals surface area contributed by atoms with Crippen molar-refractivity contribution in [2.75, 3.05) is 27.8 Å². The number of unbranched alkanes of at least 4 members (excludes halogenated alkanes) is 1. The van der Waals surface area contributed by atoms with Crippen LogP contribution < -0.4 is 20.1 Å². The lowest BCUT2D eigenvalue weighted by molar-refractivity contribution is -0.137. The van der Waals surface area contributed by atoms with Crippen LogP contribution in [0.2, 0.25) is 0 Å². The third kappa shape index (κ3) is 10.5. The molecular weight excluding hydrogens is 482 g/mol. The quantitative estimate of drug-likeness (QED) is 0.348. The van der Waals surface area contributed by atoms with Crippen LogP contribution in [-0.2, 0) is 20.8 Å². The number of amides is 3. The molecular formula is C30H49N3O5. The Morgan fingerprint density at radius 2 is 1.61 bits per heavy atom. The SMILES string of the molecule is CCCCN(C)C(=O)[C@H](CC1CCCCC1)NC(=O)[C@H](CC(C)C)NC(=O)Cc1cc(OC)cc(OC)c1. The first-order valence-electron chi connectivity index (χ1n) is 14.2. The molecule has 2 N–H and O–H groups in total. The van der Waals surface area contributed by atoms with Gasteiger partial charge >= 0.3 is 0 Å². The van der Waals surface area contributed by atoms with E-state index in [1.165, 1.54) is 19.3 Å². The molecule has 0 unspecified atom stereocenters. The Morgan fingerprint density at radius 1 is 0.974 bits per heavy atom. The summed E-state index contributed by atoms with van der Waals surface area (Å²) in [5.74, 6) is 1.20. The molecule has 38 heavy (non-hydrogen) atoms. The van der Waals surface area contributed by atoms with E-state index in [1.54, 1.807) is 37.3 Å². The molecule has 2 atom stereocenters. The number of methoxy groups -OCH3 is 2. The number of likely N-dealkylation sites (N-methyl/N-ethyl adjacent to an activating group) is 1. The highest BCUT2D eigenvalue weighted by Crippen LogP contribution is 2.28. The van der Waals surface area contributed by atoms with Crippen molar-refractivity contribution in [3.63, 3.8) is 0 Å². The van der Waals surface area contributed by atoms with Gasteiger partial charge in [0.2, 0.25) is 17.7 Å². The third-order valence-corrected chi connectivity index (χ3v) is 7.27. The summed E-state index contributed by atoms with van der Waals surface area (Å²) in [4.78, 5) is 41.7. The van der Waals surface area contributed by atoms with Gasteiger partial charge in [0.15, 0.2) is 0 Å². The van der Waals surface area contributed by atoms with Gasteiger partial charge in [-0.2, -0.15) is 0 Å². The summed E-state index contributed by atoms with van der Waals surface area (Å²) < 4.78 is 10.6. The van der Waals surface area contributed by atoms with Gasteiger partial charge in [-0.05, 0) is 48.8 Å². The van der Waals surface area contributed by atoms with Crippen molar-refractivity contribution in [2.24, 2.45) is 11.8 Å². The van der Waals surface area contributed by atoms with Crippen LogP contribution in [0.3, 0.4) is 0 Å². The van der Waals surface area contributed by atoms with Crippen LogP contribution >= 0.6 is 0 Å². The first kappa shape index (κ1) is 31.4. The third-order valence-electron chi connectivity index (χ3n) is 7.27. The highest BCUT2D eigenvalue weighted by Gasteiger charge is 2.31. The fourth-order valence-electron chi connectivity index (χ4n) is 5.12. The van der Waals surface area contributed by atoms with Crippen molar-refractivity contribution >= 4 is 17.7 Å². The molecule has 1 saturated carbocycles. The first-order chi connectivity index (χ1) is 18.2. The molecule has 2 rings (SSSR count). The summed E-state index contributed by atoms with van der Waals surface area (Å²) in [6.45, 7) is 6.80. The zero-order valence-corrected chi connectivity index (χ0v) is 24.3. The fraction of sp³-hybridized carbons (Fsp3) is 0.700. The van der Waals surface area contributed by atoms with Crippen LogP contribution in [0.1, 0.15) is 84.1 Å². The summed E-state index contributed by atoms with van der Waals surface area (Å²) in [5, 5.41) is 5.97. The van der Waals surface area contributed by atoms with E-state index in [4.69, 9.17) is 9.47 Å². The van der Waals surface area contributed by atoms with Crippen molar-refractivity contribution in [1.29, 1.82) is 0 Å². The van der Waals surface area contributed by atoms with E-state index in [0.29, 0.717) is 36.8 Å². The van der Waals surface area contributed by atoms with Crippen LogP contribution in [0.15, 0.2) is 18.2 Å². The van der Waals surface area contributed by atoms with E-state index in [0.717, 1.165) is 31.2 Å². The Hall–Kier alpha value is -2.77. The lowest BCUT2D eigenvalue weighted by Crippen LogP contribution is -2.55. The van der Waals surface area contributed by atoms with Crippen LogP contribution in [0, 0.1) is 11.8 Å². The molecule has 0 aliphatic heterocycles. The second-order valence-corrected chi connectivity index (χ2v) is 11.1. The molecule has 0 radical (unpaired) electrons. The smallest absolute Gasteiger partial charge is 0.244 e. The molecule has 1 aromatic carbocycles. The zero-order valence-electron chi connectivity index (χ0n) is 24.3. The largest absolute Gasteiger partial charge is 0.497 e. The lowest BCUT2D eigenvalue weighted by Gasteiger charge is -2.31. The summed E-state index contributed by atoms with van der Waals surface area (Å²) in [7, 11) is 4.94. The van der Waals surface area contributed by atoms with Crippen LogP contribution in [0.25, 0.3) is 0 Å². The minimum Gasteiger partial charge on any atom is -0.497 e. The van der Waals surface area contributed by atoms with Crippen molar-refractivity contribution in [2.45, 2.75) is 97.1 Å². The van der Waals surface area contributed by atoms with Gasteiger partial charge in [-0.3, -0.25) is 14.4 Å². The summed E-state index contributed by atoms with van der Waals surface area (Å²) in [6, 6.07) is 4.01. The summed E-state index contributed by atoms with van der Waals surface area (Å²) in [6.07, 6.45) is 8.90. The number of carbonyl (C=O) groups excluding carboxylic acids is 3. The number of nitrogens with zero attached hydrogens (tertiary/aromatic N) is 1. The molecule has 0 saturated heterocycles. The van der Waals surface area contributed by atoms with Gasteiger partial charge < -0.3 is 25.0 Å². The van der Waals surface area contributed by atoms with Crippen molar-refractivity contribution in [3.05, 3.63) is 23.8 Å². The fourth-order valence-corrected chi connectivity index (χ4v) is 5.12. The highest BCUT2D eigenvalue weighted by atomic mass is 16.5. The molecule has 1 aromatic rings. The molecule has 3 amide bonds. The Bertz CT molecular complexity index is 876. The molecule has 0 aromatic heterocycles. The molecule has 8 heteroatoms. The van der Waals surface area contributed by atoms with Crippen LogP contribution in [0.5, 0.6) is 11.5 Å². The molecule has 0 spiro atoms. The average molecular weight is 532 g/mol. The number of rotatable bonds is 15. The zero-order chi connectivity index (χ0) is 28.1. The maximum absolute atomic E-state index is 13.5. The second-order valence-electron chi connectivity index (χ2n) is 11.1. The highest BCUT2D eigenvalue weighted by molar-refractivity contribution is 5.92. The van der Waals surface area contributed by atoms with Gasteiger partial charge in [0, 0.05) is 19.7 Å². The van der Waals surface area contributed by atoms with Gasteiger partial charge in [0.05, 0.1) is 20.6 Å². The minimum atomic E-state index is -0.724. The van der Waals surface area contributed by atoms with E-state index in [2.05, 4.69) is 17.6 Å². The van der Waals surface area contributed by atoms with Gasteiger partial charge in [0.1, 0.15) is 23.6 Å². The van der Waals surface area contributed by atoms with E-state index >= 15 is 0 Å². The topological polar surface area (TPSA) is 97.0 Å². The molecule has 214 valence electrons. The van der Waals surface area contributed by atoms with Crippen LogP contribution in [-0.4, -0.2) is 62.5 Å². The van der Waals surface area contributed by atoms with Gasteiger partial charge in [-0.15, -0.1) is 0 Å². The molecule has 1 fully saturated rings. The van der Waals surface area contributed by atoms with E-state index in [-0.39, 0.29) is 30.1 Å². The number of ether oxygens (including phenoxy) is 2. The number of benzene rings is 1. The molecule has 1 aliphatic carbocycles. The Kier molecular flexibility index (Phi) is 13.4. The number of nitrogens with one attached hydrogen (secondary N) is 2. The Balaban J connectivity index is 2.14. The Labute approximate surface area is 229 Å². The molecule has 0 bridgehead atoms. The summed E-state index contributed by atoms with van der Waals surface area (Å²) in [5.41, 5.74) is 0.727. The number of carbonyl (C=O) groups is 3. The predicted molar refractivity (Wildman–Crippen MR) is 150 cm³/mol. The maximum Gasteiger partial charge on any atom is 0.244 e. The number of hydrogen-bond acceptors (Lipinski definition) is 5. The maximum atomic E-state index is 13.5. The van der Waals surface area contributed by atoms with E-state index < -0.39 is 12.1 Å². The van der Waals surface area contributed by atoms with Crippen molar-refractivity contribution in [1.82, 2.24) is 15.5 Å². The predicted octanol–water partition coefficient (Wildman–Crippen LogP) is 4.49. The van der Waals surface area contributed by atoms with Gasteiger partial charge in [0.25, 0.3) is 0 Å². The molecule has 8 nitrogen and oxygen atoms in total. The monoisotopic (exact) mass is 531 g/mol. The van der Waals surface area contributed by atoms with Gasteiger partial charge in [-0.1, -0.05) is 59.3 Å². The summed E-state index contributed by atoms with van der Waals surface area (Å²) >= 11 is 0. The van der Waals surface area contributed by atoms with Crippen LogP contribution in [0.4, 0.5) is 0 Å². The van der Waals surface area contributed by atoms with Crippen molar-refractivity contribution < 1.29 is 23.9 Å². The van der Waals surface area contributed by atoms with E-state index in [9.17, 15) is 14.4 Å². The Morgan fingerprint density at radius 3 is 2.16 bits per heavy atom. The number of hydrogen-bond donors (Lipinski definition) is 2. The standard InChI is InChI=1S/C30H49N3O5/c1-7-8-14-33(4)30(36)27(18-22-12-10-9-11-13-22)32-29(35)26(15-21(2)3)31-28(34)19-23-16-24(37-5)20-25(17-23)38-6/h16-17,20-22,26-27H,7-15,18-19H2,1-6H3,(H,31,34)(H,32,35)/t26-,27-/m0/s1. The minimum absolute atomic E-state index is 0.0459. The van der Waals surface area contributed by atoms with E-state index in [1.807, 2.05) is 20.9 Å². The first-order valence-corrected chi connectivity index (χ1v) is 14.2. The average Bonchev–Trinajstić information content (AvgIpc) is 2.90. The van der Waals surface area contributed by atoms with Crippen molar-refractivity contribution in [3.8, 4) is 11.5 Å². The van der Waals surface area contributed by atoms with Gasteiger partial charge in [-0.25, -0.2) is 0 Å².